The molecule has 0 atom stereocenters. The van der Waals surface area contributed by atoms with Gasteiger partial charge in [-0.1, -0.05) is 15.9 Å². The van der Waals surface area contributed by atoms with Crippen LogP contribution < -0.4 is 4.74 Å². The lowest BCUT2D eigenvalue weighted by Gasteiger charge is -2.14. The second-order valence-electron chi connectivity index (χ2n) is 3.86. The van der Waals surface area contributed by atoms with E-state index in [4.69, 9.17) is 14.9 Å². The van der Waals surface area contributed by atoms with Crippen molar-refractivity contribution >= 4 is 50.0 Å². The lowest BCUT2D eigenvalue weighted by atomic mass is 10.2. The minimum absolute atomic E-state index is 0.507. The number of rotatable bonds is 7. The standard InChI is InChI=1S/C12H12Br2N2O5/c1-21-12-7(2-8(13)3-9(12)14)4-15-16(5-10(17)18)6-11(19)20/h2-4H,5-6H2,1H3,(H,17,18)(H,19,20)/b15-4-. The zero-order chi connectivity index (χ0) is 16.0. The molecule has 0 aliphatic rings. The number of nitrogens with zero attached hydrogens (tertiary/aromatic N) is 2. The van der Waals surface area contributed by atoms with Gasteiger partial charge in [-0.3, -0.25) is 14.6 Å². The van der Waals surface area contributed by atoms with Gasteiger partial charge in [0, 0.05) is 10.0 Å². The van der Waals surface area contributed by atoms with Crippen molar-refractivity contribution in [2.24, 2.45) is 5.10 Å². The van der Waals surface area contributed by atoms with Crippen molar-refractivity contribution < 1.29 is 24.5 Å². The molecule has 0 amide bonds. The van der Waals surface area contributed by atoms with Gasteiger partial charge in [-0.25, -0.2) is 0 Å². The molecule has 0 spiro atoms. The van der Waals surface area contributed by atoms with Crippen molar-refractivity contribution in [3.05, 3.63) is 26.6 Å². The van der Waals surface area contributed by atoms with Gasteiger partial charge >= 0.3 is 11.9 Å². The summed E-state index contributed by atoms with van der Waals surface area (Å²) in [7, 11) is 1.48. The van der Waals surface area contributed by atoms with Crippen molar-refractivity contribution in [2.75, 3.05) is 20.2 Å². The van der Waals surface area contributed by atoms with Gasteiger partial charge < -0.3 is 14.9 Å². The lowest BCUT2D eigenvalue weighted by molar-refractivity contribution is -0.141. The third-order valence-corrected chi connectivity index (χ3v) is 3.28. The number of halogens is 2. The van der Waals surface area contributed by atoms with Gasteiger partial charge in [0.1, 0.15) is 18.8 Å². The summed E-state index contributed by atoms with van der Waals surface area (Å²) in [6, 6.07) is 3.50. The van der Waals surface area contributed by atoms with Crippen LogP contribution in [0, 0.1) is 0 Å². The van der Waals surface area contributed by atoms with Crippen molar-refractivity contribution in [2.45, 2.75) is 0 Å². The molecule has 114 valence electrons. The van der Waals surface area contributed by atoms with Crippen molar-refractivity contribution in [3.8, 4) is 5.75 Å². The maximum Gasteiger partial charge on any atom is 0.324 e. The van der Waals surface area contributed by atoms with E-state index in [-0.39, 0.29) is 0 Å². The van der Waals surface area contributed by atoms with E-state index in [1.54, 1.807) is 12.1 Å². The number of hydrazone groups is 1. The zero-order valence-electron chi connectivity index (χ0n) is 10.9. The number of carbonyl (C=O) groups is 2. The van der Waals surface area contributed by atoms with E-state index in [2.05, 4.69) is 37.0 Å². The van der Waals surface area contributed by atoms with Crippen LogP contribution in [-0.4, -0.2) is 53.6 Å². The van der Waals surface area contributed by atoms with E-state index >= 15 is 0 Å². The molecule has 0 heterocycles. The highest BCUT2D eigenvalue weighted by Gasteiger charge is 2.12. The Kier molecular flexibility index (Phi) is 6.63. The summed E-state index contributed by atoms with van der Waals surface area (Å²) in [6.45, 7) is -1.03. The lowest BCUT2D eigenvalue weighted by Crippen LogP contribution is -2.30. The van der Waals surface area contributed by atoms with Crippen molar-refractivity contribution in [1.29, 1.82) is 0 Å². The number of ether oxygens (including phenoxy) is 1. The monoisotopic (exact) mass is 422 g/mol. The molecule has 1 rings (SSSR count). The number of hydrogen-bond acceptors (Lipinski definition) is 5. The quantitative estimate of drug-likeness (QED) is 0.514. The van der Waals surface area contributed by atoms with Crippen LogP contribution >= 0.6 is 31.9 Å². The Hall–Kier alpha value is -1.61. The highest BCUT2D eigenvalue weighted by molar-refractivity contribution is 9.11. The minimum atomic E-state index is -1.17. The number of aliphatic carboxylic acids is 2. The molecule has 0 fully saturated rings. The van der Waals surface area contributed by atoms with Gasteiger partial charge in [0.25, 0.3) is 0 Å². The van der Waals surface area contributed by atoms with E-state index in [9.17, 15) is 9.59 Å². The van der Waals surface area contributed by atoms with E-state index < -0.39 is 25.0 Å². The molecule has 1 aromatic rings. The summed E-state index contributed by atoms with van der Waals surface area (Å²) in [5.41, 5.74) is 0.569. The van der Waals surface area contributed by atoms with Crippen LogP contribution in [0.2, 0.25) is 0 Å². The molecule has 1 aromatic carbocycles. The van der Waals surface area contributed by atoms with Crippen LogP contribution in [0.1, 0.15) is 5.56 Å². The third kappa shape index (κ3) is 5.72. The second kappa shape index (κ2) is 7.99. The summed E-state index contributed by atoms with van der Waals surface area (Å²) in [5.74, 6) is -1.83. The Labute approximate surface area is 137 Å². The van der Waals surface area contributed by atoms with E-state index in [0.29, 0.717) is 15.8 Å². The SMILES string of the molecule is COc1c(Br)cc(Br)cc1/C=N\N(CC(=O)O)CC(=O)O. The summed E-state index contributed by atoms with van der Waals surface area (Å²) >= 11 is 6.64. The largest absolute Gasteiger partial charge is 0.495 e. The molecule has 7 nitrogen and oxygen atoms in total. The van der Waals surface area contributed by atoms with E-state index in [1.165, 1.54) is 13.3 Å². The highest BCUT2D eigenvalue weighted by Crippen LogP contribution is 2.31. The summed E-state index contributed by atoms with van der Waals surface area (Å²) in [4.78, 5) is 21.4. The van der Waals surface area contributed by atoms with Crippen LogP contribution in [0.3, 0.4) is 0 Å². The first-order chi connectivity index (χ1) is 9.83. The zero-order valence-corrected chi connectivity index (χ0v) is 14.1. The molecule has 0 saturated heterocycles. The maximum absolute atomic E-state index is 10.7. The molecule has 0 bridgehead atoms. The van der Waals surface area contributed by atoms with Gasteiger partial charge in [0.15, 0.2) is 0 Å². The van der Waals surface area contributed by atoms with Gasteiger partial charge in [-0.05, 0) is 28.1 Å². The Bertz CT molecular complexity index is 561. The molecule has 0 aliphatic carbocycles. The summed E-state index contributed by atoms with van der Waals surface area (Å²) < 4.78 is 6.66. The molecule has 9 heteroatoms. The minimum Gasteiger partial charge on any atom is -0.495 e. The average Bonchev–Trinajstić information content (AvgIpc) is 2.34. The Morgan fingerprint density at radius 3 is 2.33 bits per heavy atom. The van der Waals surface area contributed by atoms with E-state index in [1.807, 2.05) is 0 Å². The molecular weight excluding hydrogens is 412 g/mol. The maximum atomic E-state index is 10.7. The number of carboxylic acid groups (broad SMARTS) is 2. The van der Waals surface area contributed by atoms with Crippen LogP contribution in [0.4, 0.5) is 0 Å². The van der Waals surface area contributed by atoms with E-state index in [0.717, 1.165) is 9.48 Å². The van der Waals surface area contributed by atoms with Crippen LogP contribution in [0.25, 0.3) is 0 Å². The smallest absolute Gasteiger partial charge is 0.324 e. The number of benzene rings is 1. The highest BCUT2D eigenvalue weighted by atomic mass is 79.9. The van der Waals surface area contributed by atoms with Crippen LogP contribution in [0.5, 0.6) is 5.75 Å². The fourth-order valence-electron chi connectivity index (χ4n) is 1.49. The van der Waals surface area contributed by atoms with Gasteiger partial charge in [-0.15, -0.1) is 0 Å². The summed E-state index contributed by atoms with van der Waals surface area (Å²) in [5, 5.41) is 22.3. The second-order valence-corrected chi connectivity index (χ2v) is 5.63. The molecule has 0 unspecified atom stereocenters. The fraction of sp³-hybridized carbons (Fsp3) is 0.250. The first kappa shape index (κ1) is 17.4. The van der Waals surface area contributed by atoms with Gasteiger partial charge in [-0.2, -0.15) is 5.10 Å². The number of carboxylic acids is 2. The summed E-state index contributed by atoms with van der Waals surface area (Å²) in [6.07, 6.45) is 1.35. The van der Waals surface area contributed by atoms with Crippen LogP contribution in [-0.2, 0) is 9.59 Å². The van der Waals surface area contributed by atoms with Crippen molar-refractivity contribution in [3.63, 3.8) is 0 Å². The molecule has 0 aromatic heterocycles. The molecule has 0 saturated carbocycles. The topological polar surface area (TPSA) is 99.4 Å². The molecule has 21 heavy (non-hydrogen) atoms. The van der Waals surface area contributed by atoms with Gasteiger partial charge in [0.2, 0.25) is 0 Å². The normalized spacial score (nSPS) is 10.6. The van der Waals surface area contributed by atoms with Crippen molar-refractivity contribution in [1.82, 2.24) is 5.01 Å². The fourth-order valence-corrected chi connectivity index (χ4v) is 2.91. The first-order valence-corrected chi connectivity index (χ1v) is 7.17. The Morgan fingerprint density at radius 2 is 1.86 bits per heavy atom. The number of methoxy groups -OCH3 is 1. The molecule has 0 aliphatic heterocycles. The molecular formula is C12H12Br2N2O5. The predicted molar refractivity (Wildman–Crippen MR) is 82.8 cm³/mol. The number of hydrogen-bond donors (Lipinski definition) is 2. The van der Waals surface area contributed by atoms with Gasteiger partial charge in [0.05, 0.1) is 17.8 Å². The third-order valence-electron chi connectivity index (χ3n) is 2.24. The molecule has 2 N–H and O–H groups in total. The molecule has 0 radical (unpaired) electrons. The van der Waals surface area contributed by atoms with Crippen LogP contribution in [0.15, 0.2) is 26.2 Å². The Balaban J connectivity index is 3.04. The average molecular weight is 424 g/mol. The first-order valence-electron chi connectivity index (χ1n) is 5.59. The predicted octanol–water partition coefficient (Wildman–Crippen LogP) is 2.03. The Morgan fingerprint density at radius 1 is 1.29 bits per heavy atom.